The summed E-state index contributed by atoms with van der Waals surface area (Å²) in [6.45, 7) is -5.93. The van der Waals surface area contributed by atoms with E-state index < -0.39 is 30.6 Å². The summed E-state index contributed by atoms with van der Waals surface area (Å²) in [5, 5.41) is 0. The summed E-state index contributed by atoms with van der Waals surface area (Å²) in [5.74, 6) is 0. The molecule has 0 heterocycles. The molecule has 0 aromatic carbocycles. The van der Waals surface area contributed by atoms with Crippen LogP contribution in [0.15, 0.2) is 0 Å². The number of nitrogens with zero attached hydrogens (tertiary/aromatic N) is 1. The van der Waals surface area contributed by atoms with Gasteiger partial charge >= 0.3 is 0 Å². The molecule has 0 aromatic rings. The van der Waals surface area contributed by atoms with Crippen molar-refractivity contribution in [2.75, 3.05) is 27.6 Å². The molecule has 0 saturated heterocycles. The topological polar surface area (TPSA) is 0 Å². The lowest BCUT2D eigenvalue weighted by molar-refractivity contribution is -0.870. The first-order chi connectivity index (χ1) is 7.00. The van der Waals surface area contributed by atoms with Crippen LogP contribution in [0.25, 0.3) is 0 Å². The van der Waals surface area contributed by atoms with Gasteiger partial charge in [-0.2, -0.15) is 0 Å². The van der Waals surface area contributed by atoms with Crippen LogP contribution in [0.1, 0.15) is 31.9 Å². The lowest BCUT2D eigenvalue weighted by atomic mass is 10.3. The second-order valence-corrected chi connectivity index (χ2v) is 2.37. The number of hydrogen-bond donors (Lipinski definition) is 0. The van der Waals surface area contributed by atoms with Gasteiger partial charge in [-0.25, -0.2) is 0 Å². The van der Waals surface area contributed by atoms with Gasteiger partial charge in [0.1, 0.15) is 0 Å². The van der Waals surface area contributed by atoms with Gasteiger partial charge in [0.2, 0.25) is 0 Å². The highest BCUT2D eigenvalue weighted by Gasteiger charge is 2.02. The molecule has 0 aliphatic heterocycles. The molecule has 0 bridgehead atoms. The van der Waals surface area contributed by atoms with E-state index in [1.165, 1.54) is 21.1 Å². The molecule has 0 amide bonds. The largest absolute Gasteiger partial charge is 1.00 e. The zero-order valence-corrected chi connectivity index (χ0v) is 7.41. The molecule has 9 heavy (non-hydrogen) atoms. The Morgan fingerprint density at radius 3 is 2.33 bits per heavy atom. The molecule has 0 saturated carbocycles. The lowest BCUT2D eigenvalue weighted by Gasteiger charge is -2.23. The summed E-state index contributed by atoms with van der Waals surface area (Å²) in [7, 11) is 4.02. The molecule has 0 radical (unpaired) electrons. The predicted molar refractivity (Wildman–Crippen MR) is 37.8 cm³/mol. The van der Waals surface area contributed by atoms with Crippen molar-refractivity contribution in [1.29, 1.82) is 0 Å². The first kappa shape index (κ1) is 2.49. The van der Waals surface area contributed by atoms with Gasteiger partial charge < -0.3 is 21.5 Å². The monoisotopic (exact) mass is 204 g/mol. The van der Waals surface area contributed by atoms with E-state index in [4.69, 9.17) is 12.3 Å². The molecule has 0 aliphatic carbocycles. The van der Waals surface area contributed by atoms with E-state index in [0.717, 1.165) is 0 Å². The third-order valence-electron chi connectivity index (χ3n) is 0.454. The minimum Gasteiger partial charge on any atom is -1.00 e. The summed E-state index contributed by atoms with van der Waals surface area (Å²) < 4.78 is 65.9. The van der Waals surface area contributed by atoms with Crippen LogP contribution in [0.2, 0.25) is 0 Å². The maximum atomic E-state index is 7.69. The van der Waals surface area contributed by atoms with Gasteiger partial charge in [-0.1, -0.05) is 13.2 Å². The molecular formula is C7H18BrN. The Bertz CT molecular complexity index is 262. The van der Waals surface area contributed by atoms with Crippen LogP contribution in [0.5, 0.6) is 0 Å². The van der Waals surface area contributed by atoms with Gasteiger partial charge in [0.15, 0.2) is 0 Å². The Kier molecular flexibility index (Phi) is 1.45. The quantitative estimate of drug-likeness (QED) is 0.492. The Hall–Kier alpha value is 0.440. The first-order valence-corrected chi connectivity index (χ1v) is 2.32. The third-order valence-corrected chi connectivity index (χ3v) is 0.454. The SMILES string of the molecule is [2H]C([2H])([2H])C([2H])([2H])C([2H])([2H])C([2H])([2H])[N+](C)(C)C.[Br-]. The molecular weight excluding hydrogens is 178 g/mol. The predicted octanol–water partition coefficient (Wildman–Crippen LogP) is -1.50. The molecule has 0 aliphatic rings. The summed E-state index contributed by atoms with van der Waals surface area (Å²) in [6.07, 6.45) is -6.45. The van der Waals surface area contributed by atoms with Crippen molar-refractivity contribution in [2.24, 2.45) is 0 Å². The number of quaternary nitrogens is 1. The Balaban J connectivity index is 0. The normalized spacial score (nSPS) is 31.7. The summed E-state index contributed by atoms with van der Waals surface area (Å²) in [5.41, 5.74) is 0. The van der Waals surface area contributed by atoms with Gasteiger partial charge in [0.05, 0.1) is 30.4 Å². The molecule has 58 valence electrons. The lowest BCUT2D eigenvalue weighted by Crippen LogP contribution is -3.00. The molecule has 0 atom stereocenters. The second kappa shape index (κ2) is 5.24. The molecule has 0 aromatic heterocycles. The molecule has 2 heteroatoms. The summed E-state index contributed by atoms with van der Waals surface area (Å²) in [4.78, 5) is 0. The second-order valence-electron chi connectivity index (χ2n) is 2.37. The Morgan fingerprint density at radius 2 is 2.00 bits per heavy atom. The van der Waals surface area contributed by atoms with E-state index in [-0.39, 0.29) is 17.0 Å². The van der Waals surface area contributed by atoms with Crippen molar-refractivity contribution in [3.05, 3.63) is 0 Å². The first-order valence-electron chi connectivity index (χ1n) is 6.82. The van der Waals surface area contributed by atoms with Crippen LogP contribution in [0.4, 0.5) is 0 Å². The van der Waals surface area contributed by atoms with Gasteiger partial charge in [0.25, 0.3) is 0 Å². The molecule has 0 N–H and O–H groups in total. The number of rotatable bonds is 3. The van der Waals surface area contributed by atoms with Crippen LogP contribution in [0.3, 0.4) is 0 Å². The molecule has 0 spiro atoms. The maximum Gasteiger partial charge on any atom is 0.0924 e. The smallest absolute Gasteiger partial charge is 0.0924 e. The zero-order chi connectivity index (χ0) is 14.5. The maximum absolute atomic E-state index is 7.69. The van der Waals surface area contributed by atoms with Crippen molar-refractivity contribution < 1.29 is 33.8 Å². The minimum atomic E-state index is -3.28. The van der Waals surface area contributed by atoms with E-state index in [0.29, 0.717) is 0 Å². The van der Waals surface area contributed by atoms with Crippen LogP contribution in [-0.2, 0) is 0 Å². The molecule has 0 rings (SSSR count). The van der Waals surface area contributed by atoms with Crippen molar-refractivity contribution in [3.8, 4) is 0 Å². The van der Waals surface area contributed by atoms with Crippen LogP contribution < -0.4 is 17.0 Å². The molecule has 0 unspecified atom stereocenters. The summed E-state index contributed by atoms with van der Waals surface area (Å²) >= 11 is 0. The minimum absolute atomic E-state index is 0. The summed E-state index contributed by atoms with van der Waals surface area (Å²) in [6, 6.07) is 0. The Labute approximate surface area is 82.1 Å². The van der Waals surface area contributed by atoms with Gasteiger partial charge in [-0.05, 0) is 6.37 Å². The fourth-order valence-electron chi connectivity index (χ4n) is 0.196. The highest BCUT2D eigenvalue weighted by molar-refractivity contribution is 4.29. The average Bonchev–Trinajstić information content (AvgIpc) is 1.98. The third kappa shape index (κ3) is 11.8. The van der Waals surface area contributed by atoms with E-state index in [1.807, 2.05) is 0 Å². The number of hydrogen-bond acceptors (Lipinski definition) is 0. The van der Waals surface area contributed by atoms with E-state index >= 15 is 0 Å². The van der Waals surface area contributed by atoms with Crippen molar-refractivity contribution in [2.45, 2.75) is 19.6 Å². The van der Waals surface area contributed by atoms with E-state index in [2.05, 4.69) is 0 Å². The van der Waals surface area contributed by atoms with E-state index in [1.54, 1.807) is 0 Å². The zero-order valence-electron chi connectivity index (χ0n) is 14.8. The fourth-order valence-corrected chi connectivity index (χ4v) is 0.196. The van der Waals surface area contributed by atoms with Gasteiger partial charge in [-0.15, -0.1) is 0 Å². The Morgan fingerprint density at radius 1 is 1.44 bits per heavy atom. The number of halogens is 1. The van der Waals surface area contributed by atoms with Crippen LogP contribution in [0, 0.1) is 0 Å². The average molecular weight is 205 g/mol. The molecule has 1 nitrogen and oxygen atoms in total. The van der Waals surface area contributed by atoms with Gasteiger partial charge in [-0.3, -0.25) is 0 Å². The highest BCUT2D eigenvalue weighted by atomic mass is 79.9. The van der Waals surface area contributed by atoms with Crippen molar-refractivity contribution >= 4 is 0 Å². The van der Waals surface area contributed by atoms with Crippen LogP contribution in [-0.4, -0.2) is 32.1 Å². The highest BCUT2D eigenvalue weighted by Crippen LogP contribution is 1.94. The van der Waals surface area contributed by atoms with Gasteiger partial charge in [0, 0.05) is 9.60 Å². The van der Waals surface area contributed by atoms with Crippen LogP contribution >= 0.6 is 0 Å². The van der Waals surface area contributed by atoms with Crippen molar-refractivity contribution in [1.82, 2.24) is 0 Å². The van der Waals surface area contributed by atoms with E-state index in [9.17, 15) is 0 Å². The molecule has 0 fully saturated rings. The fraction of sp³-hybridized carbons (Fsp3) is 1.00. The van der Waals surface area contributed by atoms with Crippen molar-refractivity contribution in [3.63, 3.8) is 0 Å². The standard InChI is InChI=1S/C7H18N.BrH/c1-5-6-7-8(2,3)4;/h5-7H2,1-4H3;1H/q+1;/p-1/i1D3,5D2,6D2,7D2;.